The van der Waals surface area contributed by atoms with Crippen molar-refractivity contribution < 1.29 is 8.42 Å². The van der Waals surface area contributed by atoms with Crippen LogP contribution in [0, 0.1) is 6.92 Å². The van der Waals surface area contributed by atoms with E-state index in [2.05, 4.69) is 14.8 Å². The fourth-order valence-corrected chi connectivity index (χ4v) is 5.51. The lowest BCUT2D eigenvalue weighted by Gasteiger charge is -2.35. The van der Waals surface area contributed by atoms with E-state index in [1.54, 1.807) is 4.31 Å². The second-order valence-electron chi connectivity index (χ2n) is 7.35. The molecule has 3 fully saturated rings. The van der Waals surface area contributed by atoms with Gasteiger partial charge in [-0.3, -0.25) is 0 Å². The van der Waals surface area contributed by atoms with E-state index in [9.17, 15) is 8.42 Å². The van der Waals surface area contributed by atoms with Gasteiger partial charge in [-0.1, -0.05) is 0 Å². The lowest BCUT2D eigenvalue weighted by atomic mass is 10.1. The molecule has 1 aliphatic carbocycles. The van der Waals surface area contributed by atoms with Crippen LogP contribution in [0.5, 0.6) is 0 Å². The van der Waals surface area contributed by atoms with Gasteiger partial charge in [0.25, 0.3) is 0 Å². The summed E-state index contributed by atoms with van der Waals surface area (Å²) in [7, 11) is -3.06. The van der Waals surface area contributed by atoms with Crippen molar-refractivity contribution in [3.8, 4) is 0 Å². The molecule has 0 atom stereocenters. The third-order valence-corrected chi connectivity index (χ3v) is 7.73. The molecule has 1 aromatic heterocycles. The van der Waals surface area contributed by atoms with Gasteiger partial charge >= 0.3 is 0 Å². The van der Waals surface area contributed by atoms with Crippen LogP contribution < -0.4 is 9.80 Å². The zero-order valence-corrected chi connectivity index (χ0v) is 15.7. The summed E-state index contributed by atoms with van der Waals surface area (Å²) in [5.41, 5.74) is 0.971. The Labute approximate surface area is 150 Å². The second-order valence-corrected chi connectivity index (χ2v) is 9.56. The van der Waals surface area contributed by atoms with Gasteiger partial charge in [-0.25, -0.2) is 13.4 Å². The second kappa shape index (κ2) is 6.72. The number of sulfonamides is 1. The van der Waals surface area contributed by atoms with Crippen LogP contribution in [0.1, 0.15) is 37.8 Å². The molecule has 0 aromatic carbocycles. The van der Waals surface area contributed by atoms with E-state index >= 15 is 0 Å². The van der Waals surface area contributed by atoms with Crippen LogP contribution >= 0.6 is 0 Å². The molecule has 4 rings (SSSR count). The molecular formula is C17H27N5O2S. The highest BCUT2D eigenvalue weighted by atomic mass is 32.2. The van der Waals surface area contributed by atoms with Crippen LogP contribution in [0.2, 0.25) is 0 Å². The summed E-state index contributed by atoms with van der Waals surface area (Å²) in [5, 5.41) is -0.119. The molecule has 138 valence electrons. The van der Waals surface area contributed by atoms with Gasteiger partial charge in [-0.05, 0) is 39.0 Å². The highest BCUT2D eigenvalue weighted by Gasteiger charge is 2.41. The Kier molecular flexibility index (Phi) is 4.58. The molecule has 2 aliphatic heterocycles. The Morgan fingerprint density at radius 2 is 1.60 bits per heavy atom. The Morgan fingerprint density at radius 3 is 2.24 bits per heavy atom. The lowest BCUT2D eigenvalue weighted by Crippen LogP contribution is -2.50. The van der Waals surface area contributed by atoms with E-state index in [4.69, 9.17) is 4.98 Å². The van der Waals surface area contributed by atoms with Crippen LogP contribution in [0.25, 0.3) is 0 Å². The molecule has 1 aromatic rings. The number of anilines is 2. The van der Waals surface area contributed by atoms with E-state index in [0.29, 0.717) is 26.2 Å². The van der Waals surface area contributed by atoms with Gasteiger partial charge in [0.15, 0.2) is 0 Å². The standard InChI is InChI=1S/C17H27N5O2S/c1-14-13-16(19-17(18-14)21-7-3-2-4-8-21)20-9-11-22(12-10-20)25(23,24)15-5-6-15/h13,15H,2-12H2,1H3. The third-order valence-electron chi connectivity index (χ3n) is 5.34. The molecule has 3 heterocycles. The molecule has 3 aliphatic rings. The van der Waals surface area contributed by atoms with Crippen LogP contribution in [0.3, 0.4) is 0 Å². The quantitative estimate of drug-likeness (QED) is 0.803. The summed E-state index contributed by atoms with van der Waals surface area (Å²) < 4.78 is 26.4. The first-order valence-corrected chi connectivity index (χ1v) is 10.9. The zero-order valence-electron chi connectivity index (χ0n) is 14.9. The van der Waals surface area contributed by atoms with Crippen molar-refractivity contribution in [2.45, 2.75) is 44.3 Å². The summed E-state index contributed by atoms with van der Waals surface area (Å²) in [4.78, 5) is 13.9. The Hall–Kier alpha value is -1.41. The van der Waals surface area contributed by atoms with Crippen LogP contribution in [0.15, 0.2) is 6.07 Å². The molecule has 1 saturated carbocycles. The topological polar surface area (TPSA) is 69.6 Å². The molecule has 7 nitrogen and oxygen atoms in total. The summed E-state index contributed by atoms with van der Waals surface area (Å²) in [6, 6.07) is 2.01. The number of rotatable bonds is 4. The smallest absolute Gasteiger partial charge is 0.227 e. The van der Waals surface area contributed by atoms with E-state index in [0.717, 1.165) is 43.4 Å². The van der Waals surface area contributed by atoms with Crippen molar-refractivity contribution in [2.75, 3.05) is 49.1 Å². The summed E-state index contributed by atoms with van der Waals surface area (Å²) in [5.74, 6) is 1.75. The molecule has 25 heavy (non-hydrogen) atoms. The summed E-state index contributed by atoms with van der Waals surface area (Å²) >= 11 is 0. The lowest BCUT2D eigenvalue weighted by molar-refractivity contribution is 0.383. The van der Waals surface area contributed by atoms with Crippen molar-refractivity contribution in [3.05, 3.63) is 11.8 Å². The van der Waals surface area contributed by atoms with Gasteiger partial charge in [0.1, 0.15) is 5.82 Å². The van der Waals surface area contributed by atoms with E-state index < -0.39 is 10.0 Å². The van der Waals surface area contributed by atoms with Gasteiger partial charge in [0.2, 0.25) is 16.0 Å². The third kappa shape index (κ3) is 3.60. The highest BCUT2D eigenvalue weighted by molar-refractivity contribution is 7.90. The largest absolute Gasteiger partial charge is 0.354 e. The van der Waals surface area contributed by atoms with Gasteiger partial charge in [-0.15, -0.1) is 0 Å². The first-order valence-electron chi connectivity index (χ1n) is 9.38. The van der Waals surface area contributed by atoms with E-state index in [1.165, 1.54) is 19.3 Å². The molecule has 0 bridgehead atoms. The monoisotopic (exact) mass is 365 g/mol. The minimum absolute atomic E-state index is 0.119. The van der Waals surface area contributed by atoms with E-state index in [1.807, 2.05) is 13.0 Å². The fraction of sp³-hybridized carbons (Fsp3) is 0.765. The first-order chi connectivity index (χ1) is 12.0. The Bertz CT molecular complexity index is 721. The molecule has 2 saturated heterocycles. The van der Waals surface area contributed by atoms with Gasteiger partial charge < -0.3 is 9.80 Å². The predicted octanol–water partition coefficient (Wildman–Crippen LogP) is 1.39. The van der Waals surface area contributed by atoms with Crippen LogP contribution in [-0.4, -0.2) is 67.2 Å². The van der Waals surface area contributed by atoms with Gasteiger partial charge in [-0.2, -0.15) is 9.29 Å². The van der Waals surface area contributed by atoms with Gasteiger partial charge in [0, 0.05) is 51.0 Å². The van der Waals surface area contributed by atoms with Crippen molar-refractivity contribution >= 4 is 21.8 Å². The number of aromatic nitrogens is 2. The van der Waals surface area contributed by atoms with Crippen molar-refractivity contribution in [1.82, 2.24) is 14.3 Å². The first kappa shape index (κ1) is 17.0. The van der Waals surface area contributed by atoms with Crippen molar-refractivity contribution in [2.24, 2.45) is 0 Å². The maximum atomic E-state index is 12.4. The maximum Gasteiger partial charge on any atom is 0.227 e. The number of piperidine rings is 1. The average molecular weight is 366 g/mol. The SMILES string of the molecule is Cc1cc(N2CCN(S(=O)(=O)C3CC3)CC2)nc(N2CCCCC2)n1. The normalized spacial score (nSPS) is 23.1. The molecular weight excluding hydrogens is 338 g/mol. The number of piperazine rings is 1. The van der Waals surface area contributed by atoms with Crippen LogP contribution in [0.4, 0.5) is 11.8 Å². The number of aryl methyl sites for hydroxylation is 1. The Balaban J connectivity index is 1.46. The molecule has 8 heteroatoms. The highest BCUT2D eigenvalue weighted by Crippen LogP contribution is 2.32. The van der Waals surface area contributed by atoms with Crippen molar-refractivity contribution in [3.63, 3.8) is 0 Å². The fourth-order valence-electron chi connectivity index (χ4n) is 3.68. The predicted molar refractivity (Wildman–Crippen MR) is 98.6 cm³/mol. The average Bonchev–Trinajstić information content (AvgIpc) is 3.48. The van der Waals surface area contributed by atoms with Gasteiger partial charge in [0.05, 0.1) is 5.25 Å². The molecule has 0 N–H and O–H groups in total. The summed E-state index contributed by atoms with van der Waals surface area (Å²) in [6.45, 7) is 6.56. The Morgan fingerprint density at radius 1 is 0.920 bits per heavy atom. The maximum absolute atomic E-state index is 12.4. The molecule has 0 amide bonds. The minimum Gasteiger partial charge on any atom is -0.354 e. The molecule has 0 radical (unpaired) electrons. The molecule has 0 unspecified atom stereocenters. The number of hydrogen-bond donors (Lipinski definition) is 0. The molecule has 0 spiro atoms. The van der Waals surface area contributed by atoms with Crippen LogP contribution in [-0.2, 0) is 10.0 Å². The minimum atomic E-state index is -3.06. The summed E-state index contributed by atoms with van der Waals surface area (Å²) in [6.07, 6.45) is 5.33. The number of nitrogens with zero attached hydrogens (tertiary/aromatic N) is 5. The zero-order chi connectivity index (χ0) is 17.4. The van der Waals surface area contributed by atoms with Crippen molar-refractivity contribution in [1.29, 1.82) is 0 Å². The number of hydrogen-bond acceptors (Lipinski definition) is 6. The van der Waals surface area contributed by atoms with E-state index in [-0.39, 0.29) is 5.25 Å².